The number of alkyl carbamates (subject to hydrolysis) is 2. The largest absolute Gasteiger partial charge is 0.457 e. The third kappa shape index (κ3) is 7.87. The second kappa shape index (κ2) is 16.7. The molecular weight excluding hydrogens is 765 g/mol. The van der Waals surface area contributed by atoms with Crippen molar-refractivity contribution < 1.29 is 33.4 Å². The fourth-order valence-corrected chi connectivity index (χ4v) is 8.71. The fraction of sp³-hybridized carbons (Fsp3) is 0.422. The highest BCUT2D eigenvalue weighted by Crippen LogP contribution is 2.41. The Morgan fingerprint density at radius 2 is 1.25 bits per heavy atom. The van der Waals surface area contributed by atoms with E-state index in [0.29, 0.717) is 25.3 Å². The number of aromatic nitrogens is 4. The van der Waals surface area contributed by atoms with E-state index in [9.17, 15) is 19.2 Å². The van der Waals surface area contributed by atoms with Gasteiger partial charge in [0.25, 0.3) is 0 Å². The van der Waals surface area contributed by atoms with Gasteiger partial charge in [-0.25, -0.2) is 19.6 Å². The lowest BCUT2D eigenvalue weighted by molar-refractivity contribution is -0.136. The Bertz CT molecular complexity index is 2440. The van der Waals surface area contributed by atoms with Crippen LogP contribution < -0.4 is 15.4 Å². The van der Waals surface area contributed by atoms with Crippen LogP contribution in [0.2, 0.25) is 0 Å². The van der Waals surface area contributed by atoms with E-state index in [1.807, 2.05) is 68.0 Å². The Hall–Kier alpha value is -6.38. The second-order valence-electron chi connectivity index (χ2n) is 16.6. The van der Waals surface area contributed by atoms with Crippen molar-refractivity contribution in [3.8, 4) is 33.9 Å². The van der Waals surface area contributed by atoms with Crippen LogP contribution in [0, 0.1) is 11.8 Å². The number of fused-ring (bicyclic) bond motifs is 3. The minimum atomic E-state index is -0.702. The Kier molecular flexibility index (Phi) is 11.2. The highest BCUT2D eigenvalue weighted by Gasteiger charge is 2.39. The minimum Gasteiger partial charge on any atom is -0.457 e. The van der Waals surface area contributed by atoms with Crippen molar-refractivity contribution in [3.05, 3.63) is 83.6 Å². The van der Waals surface area contributed by atoms with Crippen molar-refractivity contribution in [1.29, 1.82) is 0 Å². The molecular formula is C45H52N8O7. The molecule has 4 N–H and O–H groups in total. The van der Waals surface area contributed by atoms with Gasteiger partial charge in [0.05, 0.1) is 49.2 Å². The maximum Gasteiger partial charge on any atom is 0.407 e. The van der Waals surface area contributed by atoms with Gasteiger partial charge in [-0.05, 0) is 102 Å². The first kappa shape index (κ1) is 40.4. The average molecular weight is 817 g/mol. The number of benzene rings is 3. The predicted molar refractivity (Wildman–Crippen MR) is 224 cm³/mol. The zero-order valence-corrected chi connectivity index (χ0v) is 34.8. The summed E-state index contributed by atoms with van der Waals surface area (Å²) in [4.78, 5) is 71.6. The van der Waals surface area contributed by atoms with Crippen LogP contribution in [0.1, 0.15) is 88.2 Å². The number of amides is 4. The molecule has 3 aliphatic rings. The van der Waals surface area contributed by atoms with Crippen LogP contribution in [0.3, 0.4) is 0 Å². The molecule has 0 aliphatic carbocycles. The van der Waals surface area contributed by atoms with E-state index in [1.165, 1.54) is 14.2 Å². The number of carbonyl (C=O) groups excluding carboxylic acids is 4. The molecule has 314 valence electrons. The molecule has 5 heterocycles. The molecule has 0 bridgehead atoms. The minimum absolute atomic E-state index is 0.116. The van der Waals surface area contributed by atoms with Gasteiger partial charge in [0, 0.05) is 25.1 Å². The van der Waals surface area contributed by atoms with Crippen LogP contribution in [0.4, 0.5) is 9.59 Å². The summed E-state index contributed by atoms with van der Waals surface area (Å²) < 4.78 is 16.0. The van der Waals surface area contributed by atoms with E-state index in [0.717, 1.165) is 87.6 Å². The summed E-state index contributed by atoms with van der Waals surface area (Å²) in [5.41, 5.74) is 7.66. The summed E-state index contributed by atoms with van der Waals surface area (Å²) in [7, 11) is 2.58. The van der Waals surface area contributed by atoms with Gasteiger partial charge >= 0.3 is 12.2 Å². The van der Waals surface area contributed by atoms with E-state index in [2.05, 4.69) is 50.9 Å². The van der Waals surface area contributed by atoms with Crippen LogP contribution >= 0.6 is 0 Å². The van der Waals surface area contributed by atoms with Crippen molar-refractivity contribution in [2.45, 2.75) is 84.0 Å². The number of hydrogen-bond acceptors (Lipinski definition) is 9. The van der Waals surface area contributed by atoms with Crippen molar-refractivity contribution in [2.75, 3.05) is 27.3 Å². The molecule has 2 aromatic heterocycles. The lowest BCUT2D eigenvalue weighted by Crippen LogP contribution is -2.51. The first-order valence-electron chi connectivity index (χ1n) is 20.7. The van der Waals surface area contributed by atoms with Gasteiger partial charge in [0.2, 0.25) is 11.8 Å². The number of H-pyrrole nitrogens is 2. The number of hydrogen-bond donors (Lipinski definition) is 4. The summed E-state index contributed by atoms with van der Waals surface area (Å²) in [6.07, 6.45) is 4.44. The molecule has 3 aliphatic heterocycles. The van der Waals surface area contributed by atoms with E-state index in [-0.39, 0.29) is 35.7 Å². The smallest absolute Gasteiger partial charge is 0.407 e. The second-order valence-corrected chi connectivity index (χ2v) is 16.6. The highest BCUT2D eigenvalue weighted by atomic mass is 16.5. The van der Waals surface area contributed by atoms with Gasteiger partial charge in [-0.3, -0.25) is 9.59 Å². The van der Waals surface area contributed by atoms with Gasteiger partial charge in [-0.2, -0.15) is 0 Å². The third-order valence-electron chi connectivity index (χ3n) is 11.9. The molecule has 4 atom stereocenters. The van der Waals surface area contributed by atoms with E-state index in [4.69, 9.17) is 24.2 Å². The Morgan fingerprint density at radius 3 is 1.83 bits per heavy atom. The van der Waals surface area contributed by atoms with Gasteiger partial charge in [0.1, 0.15) is 35.2 Å². The molecule has 15 nitrogen and oxygen atoms in total. The molecule has 15 heteroatoms. The molecule has 1 unspecified atom stereocenters. The number of rotatable bonds is 10. The first-order chi connectivity index (χ1) is 28.9. The molecule has 0 spiro atoms. The molecule has 0 saturated carbocycles. The van der Waals surface area contributed by atoms with Crippen molar-refractivity contribution in [2.24, 2.45) is 11.8 Å². The molecule has 0 radical (unpaired) electrons. The summed E-state index contributed by atoms with van der Waals surface area (Å²) in [6.45, 7) is 8.78. The van der Waals surface area contributed by atoms with Crippen LogP contribution in [0.5, 0.6) is 11.5 Å². The molecule has 3 aromatic carbocycles. The average Bonchev–Trinajstić information content (AvgIpc) is 4.09. The number of nitrogens with one attached hydrogen (secondary N) is 4. The number of ether oxygens (including phenoxy) is 3. The zero-order chi connectivity index (χ0) is 42.2. The number of likely N-dealkylation sites (tertiary alicyclic amines) is 2. The maximum absolute atomic E-state index is 13.7. The Labute approximate surface area is 348 Å². The fourth-order valence-electron chi connectivity index (χ4n) is 8.71. The molecule has 60 heavy (non-hydrogen) atoms. The topological polar surface area (TPSA) is 184 Å². The number of aromatic amines is 2. The van der Waals surface area contributed by atoms with Crippen molar-refractivity contribution in [3.63, 3.8) is 0 Å². The third-order valence-corrected chi connectivity index (χ3v) is 11.9. The van der Waals surface area contributed by atoms with Crippen LogP contribution in [0.25, 0.3) is 33.4 Å². The summed E-state index contributed by atoms with van der Waals surface area (Å²) in [5, 5.41) is 5.42. The van der Waals surface area contributed by atoms with Crippen LogP contribution in [-0.2, 0) is 25.5 Å². The summed E-state index contributed by atoms with van der Waals surface area (Å²) in [5.74, 6) is 2.53. The number of methoxy groups -OCH3 is 2. The number of carbonyl (C=O) groups is 4. The SMILES string of the molecule is COC(=O)NC(C(=O)N1CCC[C@H]1c1ncc(-c2ccc3c(c2)Cc2cc(-c4ccc5nc([C@@H]6CCCN6C(=O)[C@@H](NC(=O)OC)C(C)C)[nH]c5c4)ccc2O3)[nH]1)C(C)C. The van der Waals surface area contributed by atoms with Gasteiger partial charge in [-0.15, -0.1) is 0 Å². The highest BCUT2D eigenvalue weighted by molar-refractivity contribution is 5.88. The number of nitrogens with zero attached hydrogens (tertiary/aromatic N) is 4. The van der Waals surface area contributed by atoms with Crippen molar-refractivity contribution >= 4 is 35.0 Å². The van der Waals surface area contributed by atoms with Crippen molar-refractivity contribution in [1.82, 2.24) is 40.4 Å². The molecule has 4 amide bonds. The lowest BCUT2D eigenvalue weighted by atomic mass is 9.94. The molecule has 2 fully saturated rings. The molecule has 5 aromatic rings. The van der Waals surface area contributed by atoms with E-state index >= 15 is 0 Å². The first-order valence-corrected chi connectivity index (χ1v) is 20.7. The van der Waals surface area contributed by atoms with Gasteiger partial charge in [-0.1, -0.05) is 39.8 Å². The lowest BCUT2D eigenvalue weighted by Gasteiger charge is -2.30. The Morgan fingerprint density at radius 1 is 0.717 bits per heavy atom. The number of imidazole rings is 2. The maximum atomic E-state index is 13.7. The van der Waals surface area contributed by atoms with Gasteiger partial charge in [0.15, 0.2) is 0 Å². The van der Waals surface area contributed by atoms with Crippen LogP contribution in [-0.4, -0.2) is 93.1 Å². The predicted octanol–water partition coefficient (Wildman–Crippen LogP) is 7.40. The van der Waals surface area contributed by atoms with Gasteiger partial charge < -0.3 is 44.6 Å². The molecule has 2 saturated heterocycles. The monoisotopic (exact) mass is 816 g/mol. The zero-order valence-electron chi connectivity index (χ0n) is 34.8. The normalized spacial score (nSPS) is 18.2. The quantitative estimate of drug-likeness (QED) is 0.109. The summed E-state index contributed by atoms with van der Waals surface area (Å²) in [6, 6.07) is 16.7. The van der Waals surface area contributed by atoms with E-state index in [1.54, 1.807) is 0 Å². The standard InChI is InChI=1S/C45H52N8O7/c1-24(2)38(50-44(56)58-5)42(54)52-17-7-9-34(52)40-46-23-33(49-40)28-13-16-37-30(20-28)21-29-19-26(12-15-36(29)60-37)27-11-14-31-32(22-27)48-41(47-31)35-10-8-18-53(35)43(55)39(25(3)4)51-45(57)59-6/h11-16,19-20,22-25,34-35,38-39H,7-10,17-18,21H2,1-6H3,(H,46,49)(H,47,48)(H,50,56)(H,51,57)/t34-,35-,38?,39-/m0/s1. The van der Waals surface area contributed by atoms with E-state index < -0.39 is 24.3 Å². The molecule has 8 rings (SSSR count). The Balaban J connectivity index is 0.980. The van der Waals surface area contributed by atoms with Crippen LogP contribution in [0.15, 0.2) is 60.8 Å². The summed E-state index contributed by atoms with van der Waals surface area (Å²) >= 11 is 0.